The summed E-state index contributed by atoms with van der Waals surface area (Å²) in [6.45, 7) is 1.31. The lowest BCUT2D eigenvalue weighted by Gasteiger charge is -2.06. The minimum absolute atomic E-state index is 0.376. The van der Waals surface area contributed by atoms with Crippen molar-refractivity contribution < 1.29 is 9.15 Å². The standard InChI is InChI=1S/C24H23N3O2/c1-2-6-20(7-3-1)11-14-24-26-22(19-29-24)18-28-23-12-9-21(10-13-23)8-4-16-27-17-5-15-25-27/h1-3,5-7,9-15,17,19H,4,8,16,18H2/b14-11+. The molecule has 4 rings (SSSR count). The quantitative estimate of drug-likeness (QED) is 0.395. The summed E-state index contributed by atoms with van der Waals surface area (Å²) in [5.41, 5.74) is 3.16. The van der Waals surface area contributed by atoms with E-state index in [4.69, 9.17) is 9.15 Å². The Hall–Kier alpha value is -3.60. The molecule has 0 atom stereocenters. The first kappa shape index (κ1) is 18.7. The molecule has 2 aromatic heterocycles. The summed E-state index contributed by atoms with van der Waals surface area (Å²) in [6.07, 6.45) is 11.3. The monoisotopic (exact) mass is 385 g/mol. The van der Waals surface area contributed by atoms with Crippen LogP contribution in [-0.2, 0) is 19.6 Å². The van der Waals surface area contributed by atoms with Crippen LogP contribution < -0.4 is 4.74 Å². The van der Waals surface area contributed by atoms with Crippen molar-refractivity contribution >= 4 is 12.2 Å². The molecular formula is C24H23N3O2. The second-order valence-corrected chi connectivity index (χ2v) is 6.73. The second kappa shape index (κ2) is 9.55. The van der Waals surface area contributed by atoms with Gasteiger partial charge in [0, 0.05) is 25.0 Å². The lowest BCUT2D eigenvalue weighted by atomic mass is 10.1. The van der Waals surface area contributed by atoms with Crippen LogP contribution in [0.5, 0.6) is 5.75 Å². The lowest BCUT2D eigenvalue weighted by Crippen LogP contribution is -2.00. The number of hydrogen-bond acceptors (Lipinski definition) is 4. The van der Waals surface area contributed by atoms with Crippen LogP contribution in [0, 0.1) is 0 Å². The Kier molecular flexibility index (Phi) is 6.18. The van der Waals surface area contributed by atoms with Crippen LogP contribution in [0.15, 0.2) is 83.7 Å². The van der Waals surface area contributed by atoms with Crippen molar-refractivity contribution in [2.75, 3.05) is 0 Å². The van der Waals surface area contributed by atoms with Gasteiger partial charge in [0.05, 0.1) is 0 Å². The number of ether oxygens (including phenoxy) is 1. The van der Waals surface area contributed by atoms with E-state index in [2.05, 4.69) is 22.2 Å². The molecule has 0 aliphatic rings. The van der Waals surface area contributed by atoms with Crippen LogP contribution in [0.4, 0.5) is 0 Å². The van der Waals surface area contributed by atoms with E-state index in [1.165, 1.54) is 5.56 Å². The number of hydrogen-bond donors (Lipinski definition) is 0. The highest BCUT2D eigenvalue weighted by Gasteiger charge is 2.03. The molecular weight excluding hydrogens is 362 g/mol. The summed E-state index contributed by atoms with van der Waals surface area (Å²) in [5.74, 6) is 1.39. The van der Waals surface area contributed by atoms with Crippen LogP contribution in [0.3, 0.4) is 0 Å². The zero-order valence-corrected chi connectivity index (χ0v) is 16.1. The Bertz CT molecular complexity index is 1020. The maximum absolute atomic E-state index is 5.83. The van der Waals surface area contributed by atoms with Crippen molar-refractivity contribution in [1.82, 2.24) is 14.8 Å². The van der Waals surface area contributed by atoms with Crippen molar-refractivity contribution in [3.8, 4) is 5.75 Å². The van der Waals surface area contributed by atoms with Crippen LogP contribution in [0.25, 0.3) is 12.2 Å². The molecule has 146 valence electrons. The maximum Gasteiger partial charge on any atom is 0.218 e. The first-order valence-electron chi connectivity index (χ1n) is 9.72. The van der Waals surface area contributed by atoms with E-state index in [0.717, 1.165) is 36.4 Å². The predicted molar refractivity (Wildman–Crippen MR) is 113 cm³/mol. The highest BCUT2D eigenvalue weighted by molar-refractivity contribution is 5.65. The summed E-state index contributed by atoms with van der Waals surface area (Å²) in [7, 11) is 0. The van der Waals surface area contributed by atoms with Crippen molar-refractivity contribution in [3.05, 3.63) is 102 Å². The number of aryl methyl sites for hydroxylation is 2. The molecule has 0 radical (unpaired) electrons. The highest BCUT2D eigenvalue weighted by atomic mass is 16.5. The van der Waals surface area contributed by atoms with Gasteiger partial charge in [-0.1, -0.05) is 42.5 Å². The first-order valence-corrected chi connectivity index (χ1v) is 9.72. The molecule has 0 N–H and O–H groups in total. The van der Waals surface area contributed by atoms with Crippen LogP contribution in [0.1, 0.15) is 29.1 Å². The Morgan fingerprint density at radius 3 is 2.62 bits per heavy atom. The Labute approximate surface area is 170 Å². The third-order valence-corrected chi connectivity index (χ3v) is 4.51. The SMILES string of the molecule is C(=C\c1nc(COc2ccc(CCCn3cccn3)cc2)co1)/c1ccccc1. The van der Waals surface area contributed by atoms with Crippen LogP contribution in [0.2, 0.25) is 0 Å². The smallest absolute Gasteiger partial charge is 0.218 e. The van der Waals surface area contributed by atoms with Gasteiger partial charge >= 0.3 is 0 Å². The average molecular weight is 385 g/mol. The fraction of sp³-hybridized carbons (Fsp3) is 0.167. The van der Waals surface area contributed by atoms with Crippen molar-refractivity contribution in [3.63, 3.8) is 0 Å². The Morgan fingerprint density at radius 2 is 1.83 bits per heavy atom. The largest absolute Gasteiger partial charge is 0.487 e. The van der Waals surface area contributed by atoms with E-state index in [-0.39, 0.29) is 0 Å². The van der Waals surface area contributed by atoms with Gasteiger partial charge in [-0.15, -0.1) is 0 Å². The van der Waals surface area contributed by atoms with Crippen molar-refractivity contribution in [2.24, 2.45) is 0 Å². The Balaban J connectivity index is 1.24. The van der Waals surface area contributed by atoms with E-state index in [0.29, 0.717) is 12.5 Å². The minimum Gasteiger partial charge on any atom is -0.487 e. The maximum atomic E-state index is 5.83. The molecule has 0 unspecified atom stereocenters. The molecule has 5 heteroatoms. The third kappa shape index (κ3) is 5.69. The topological polar surface area (TPSA) is 53.1 Å². The summed E-state index contributed by atoms with van der Waals surface area (Å²) in [4.78, 5) is 4.44. The van der Waals surface area contributed by atoms with Crippen molar-refractivity contribution in [1.29, 1.82) is 0 Å². The summed E-state index contributed by atoms with van der Waals surface area (Å²) < 4.78 is 13.3. The molecule has 2 aromatic carbocycles. The zero-order chi connectivity index (χ0) is 19.7. The molecule has 0 aliphatic heterocycles. The minimum atomic E-state index is 0.376. The molecule has 0 fully saturated rings. The molecule has 5 nitrogen and oxygen atoms in total. The number of aromatic nitrogens is 3. The number of rotatable bonds is 9. The van der Waals surface area contributed by atoms with Crippen LogP contribution >= 0.6 is 0 Å². The lowest BCUT2D eigenvalue weighted by molar-refractivity contribution is 0.301. The number of benzene rings is 2. The zero-order valence-electron chi connectivity index (χ0n) is 16.1. The summed E-state index contributed by atoms with van der Waals surface area (Å²) in [6, 6.07) is 20.2. The summed E-state index contributed by atoms with van der Waals surface area (Å²) >= 11 is 0. The highest BCUT2D eigenvalue weighted by Crippen LogP contribution is 2.16. The molecule has 0 spiro atoms. The first-order chi connectivity index (χ1) is 14.3. The van der Waals surface area contributed by atoms with E-state index >= 15 is 0 Å². The predicted octanol–water partition coefficient (Wildman–Crippen LogP) is 5.25. The van der Waals surface area contributed by atoms with E-state index in [1.54, 1.807) is 6.26 Å². The Morgan fingerprint density at radius 1 is 0.966 bits per heavy atom. The van der Waals surface area contributed by atoms with Gasteiger partial charge in [-0.2, -0.15) is 5.10 Å². The molecule has 0 aliphatic carbocycles. The van der Waals surface area contributed by atoms with Gasteiger partial charge in [0.1, 0.15) is 24.3 Å². The van der Waals surface area contributed by atoms with Gasteiger partial charge in [0.15, 0.2) is 0 Å². The molecule has 0 bridgehead atoms. The van der Waals surface area contributed by atoms with Crippen LogP contribution in [-0.4, -0.2) is 14.8 Å². The fourth-order valence-electron chi connectivity index (χ4n) is 2.98. The normalized spacial score (nSPS) is 11.2. The molecule has 29 heavy (non-hydrogen) atoms. The van der Waals surface area contributed by atoms with Gasteiger partial charge in [0.2, 0.25) is 5.89 Å². The molecule has 4 aromatic rings. The third-order valence-electron chi connectivity index (χ3n) is 4.51. The molecule has 2 heterocycles. The molecule has 0 saturated heterocycles. The average Bonchev–Trinajstić information content (AvgIpc) is 3.45. The molecule has 0 amide bonds. The number of nitrogens with zero attached hydrogens (tertiary/aromatic N) is 3. The van der Waals surface area contributed by atoms with E-state index < -0.39 is 0 Å². The van der Waals surface area contributed by atoms with Gasteiger partial charge < -0.3 is 9.15 Å². The second-order valence-electron chi connectivity index (χ2n) is 6.73. The van der Waals surface area contributed by atoms with Gasteiger partial charge in [-0.25, -0.2) is 4.98 Å². The van der Waals surface area contributed by atoms with Gasteiger partial charge in [-0.3, -0.25) is 4.68 Å². The van der Waals surface area contributed by atoms with Crippen molar-refractivity contribution in [2.45, 2.75) is 26.0 Å². The number of oxazole rings is 1. The molecule has 0 saturated carbocycles. The van der Waals surface area contributed by atoms with Gasteiger partial charge in [-0.05, 0) is 48.2 Å². The fourth-order valence-corrected chi connectivity index (χ4v) is 2.98. The van der Waals surface area contributed by atoms with Gasteiger partial charge in [0.25, 0.3) is 0 Å². The summed E-state index contributed by atoms with van der Waals surface area (Å²) in [5, 5.41) is 4.22. The van der Waals surface area contributed by atoms with E-state index in [1.807, 2.05) is 77.8 Å². The van der Waals surface area contributed by atoms with E-state index in [9.17, 15) is 0 Å².